The molecule has 1 aromatic rings. The fraction of sp³-hybridized carbons (Fsp3) is 0.538. The summed E-state index contributed by atoms with van der Waals surface area (Å²) in [5, 5.41) is 0. The standard InChI is InChI=1S/C13H20FN3O2S/c1-20(18,19)17-6-4-16(5-7-17)13-9-11(2-3-15)8-12(14)10-13/h8-10H,2-7,15H2,1H3. The Morgan fingerprint density at radius 1 is 1.20 bits per heavy atom. The van der Waals surface area contributed by atoms with Gasteiger partial charge in [0, 0.05) is 31.9 Å². The zero-order valence-corrected chi connectivity index (χ0v) is 12.4. The highest BCUT2D eigenvalue weighted by atomic mass is 32.2. The van der Waals surface area contributed by atoms with Gasteiger partial charge in [0.25, 0.3) is 0 Å². The molecule has 0 spiro atoms. The van der Waals surface area contributed by atoms with Gasteiger partial charge in [-0.1, -0.05) is 0 Å². The molecule has 0 aliphatic carbocycles. The number of nitrogens with zero attached hydrogens (tertiary/aromatic N) is 2. The van der Waals surface area contributed by atoms with E-state index in [9.17, 15) is 12.8 Å². The molecule has 20 heavy (non-hydrogen) atoms. The van der Waals surface area contributed by atoms with Crippen LogP contribution in [0.4, 0.5) is 10.1 Å². The molecule has 0 saturated carbocycles. The zero-order chi connectivity index (χ0) is 14.8. The molecule has 1 heterocycles. The van der Waals surface area contributed by atoms with Crippen LogP contribution in [-0.2, 0) is 16.4 Å². The van der Waals surface area contributed by atoms with Crippen LogP contribution < -0.4 is 10.6 Å². The zero-order valence-electron chi connectivity index (χ0n) is 11.5. The van der Waals surface area contributed by atoms with Gasteiger partial charge >= 0.3 is 0 Å². The van der Waals surface area contributed by atoms with Crippen LogP contribution in [0.15, 0.2) is 18.2 Å². The molecule has 1 saturated heterocycles. The highest BCUT2D eigenvalue weighted by Crippen LogP contribution is 2.21. The maximum atomic E-state index is 13.6. The third-order valence-corrected chi connectivity index (χ3v) is 4.75. The third-order valence-electron chi connectivity index (χ3n) is 3.45. The van der Waals surface area contributed by atoms with Crippen molar-refractivity contribution in [1.29, 1.82) is 0 Å². The topological polar surface area (TPSA) is 66.6 Å². The Morgan fingerprint density at radius 3 is 2.40 bits per heavy atom. The number of benzene rings is 1. The van der Waals surface area contributed by atoms with E-state index >= 15 is 0 Å². The largest absolute Gasteiger partial charge is 0.369 e. The first-order valence-electron chi connectivity index (χ1n) is 6.60. The molecule has 0 bridgehead atoms. The second kappa shape index (κ2) is 6.07. The first-order chi connectivity index (χ1) is 9.40. The predicted molar refractivity (Wildman–Crippen MR) is 77.8 cm³/mol. The molecule has 1 aromatic carbocycles. The molecular weight excluding hydrogens is 281 g/mol. The van der Waals surface area contributed by atoms with Gasteiger partial charge < -0.3 is 10.6 Å². The Morgan fingerprint density at radius 2 is 1.85 bits per heavy atom. The summed E-state index contributed by atoms with van der Waals surface area (Å²) in [5.41, 5.74) is 7.16. The summed E-state index contributed by atoms with van der Waals surface area (Å²) in [5.74, 6) is -0.281. The van der Waals surface area contributed by atoms with Crippen molar-refractivity contribution in [2.24, 2.45) is 5.73 Å². The van der Waals surface area contributed by atoms with Gasteiger partial charge in [0.1, 0.15) is 5.82 Å². The molecule has 0 atom stereocenters. The summed E-state index contributed by atoms with van der Waals surface area (Å²) in [7, 11) is -3.14. The number of sulfonamides is 1. The van der Waals surface area contributed by atoms with E-state index in [0.717, 1.165) is 11.3 Å². The van der Waals surface area contributed by atoms with Crippen molar-refractivity contribution in [3.8, 4) is 0 Å². The van der Waals surface area contributed by atoms with Gasteiger partial charge in [0.15, 0.2) is 0 Å². The number of hydrogen-bond acceptors (Lipinski definition) is 4. The summed E-state index contributed by atoms with van der Waals surface area (Å²) in [6.45, 7) is 2.48. The molecule has 1 aliphatic rings. The first-order valence-corrected chi connectivity index (χ1v) is 8.44. The van der Waals surface area contributed by atoms with Crippen LogP contribution in [0.2, 0.25) is 0 Å². The molecule has 1 aliphatic heterocycles. The molecule has 0 radical (unpaired) electrons. The lowest BCUT2D eigenvalue weighted by Gasteiger charge is -2.35. The van der Waals surface area contributed by atoms with Crippen molar-refractivity contribution in [3.63, 3.8) is 0 Å². The smallest absolute Gasteiger partial charge is 0.211 e. The molecule has 0 amide bonds. The Labute approximate surface area is 119 Å². The average molecular weight is 301 g/mol. The summed E-state index contributed by atoms with van der Waals surface area (Å²) in [6.07, 6.45) is 1.85. The molecule has 1 fully saturated rings. The highest BCUT2D eigenvalue weighted by Gasteiger charge is 2.23. The van der Waals surface area contributed by atoms with E-state index in [2.05, 4.69) is 0 Å². The van der Waals surface area contributed by atoms with E-state index in [0.29, 0.717) is 39.1 Å². The lowest BCUT2D eigenvalue weighted by molar-refractivity contribution is 0.388. The Kier molecular flexibility index (Phi) is 4.62. The van der Waals surface area contributed by atoms with Gasteiger partial charge in [-0.25, -0.2) is 12.8 Å². The molecule has 5 nitrogen and oxygen atoms in total. The number of rotatable bonds is 4. The van der Waals surface area contributed by atoms with E-state index < -0.39 is 10.0 Å². The molecule has 0 aromatic heterocycles. The van der Waals surface area contributed by atoms with E-state index in [-0.39, 0.29) is 5.82 Å². The Hall–Kier alpha value is -1.18. The third kappa shape index (κ3) is 3.68. The normalized spacial score (nSPS) is 17.4. The molecule has 7 heteroatoms. The van der Waals surface area contributed by atoms with Crippen LogP contribution in [0.1, 0.15) is 5.56 Å². The molecular formula is C13H20FN3O2S. The van der Waals surface area contributed by atoms with Crippen LogP contribution in [0.5, 0.6) is 0 Å². The van der Waals surface area contributed by atoms with Crippen LogP contribution in [-0.4, -0.2) is 51.7 Å². The van der Waals surface area contributed by atoms with E-state index in [1.807, 2.05) is 11.0 Å². The molecule has 2 N–H and O–H groups in total. The SMILES string of the molecule is CS(=O)(=O)N1CCN(c2cc(F)cc(CCN)c2)CC1. The minimum atomic E-state index is -3.14. The number of hydrogen-bond donors (Lipinski definition) is 1. The minimum Gasteiger partial charge on any atom is -0.369 e. The van der Waals surface area contributed by atoms with E-state index in [1.54, 1.807) is 0 Å². The summed E-state index contributed by atoms with van der Waals surface area (Å²) in [6, 6.07) is 4.89. The van der Waals surface area contributed by atoms with Gasteiger partial charge in [-0.2, -0.15) is 4.31 Å². The molecule has 112 valence electrons. The Bertz CT molecular complexity index is 569. The maximum Gasteiger partial charge on any atom is 0.211 e. The van der Waals surface area contributed by atoms with Crippen molar-refractivity contribution < 1.29 is 12.8 Å². The number of piperazine rings is 1. The van der Waals surface area contributed by atoms with Crippen molar-refractivity contribution in [1.82, 2.24) is 4.31 Å². The van der Waals surface area contributed by atoms with Gasteiger partial charge in [0.05, 0.1) is 6.26 Å². The lowest BCUT2D eigenvalue weighted by Crippen LogP contribution is -2.48. The van der Waals surface area contributed by atoms with E-state index in [4.69, 9.17) is 5.73 Å². The van der Waals surface area contributed by atoms with E-state index in [1.165, 1.54) is 22.7 Å². The monoisotopic (exact) mass is 301 g/mol. The van der Waals surface area contributed by atoms with Crippen LogP contribution in [0.3, 0.4) is 0 Å². The van der Waals surface area contributed by atoms with Crippen molar-refractivity contribution in [2.45, 2.75) is 6.42 Å². The first kappa shape index (κ1) is 15.2. The minimum absolute atomic E-state index is 0.281. The van der Waals surface area contributed by atoms with Crippen molar-refractivity contribution >= 4 is 15.7 Å². The number of anilines is 1. The van der Waals surface area contributed by atoms with Gasteiger partial charge in [0.2, 0.25) is 10.0 Å². The van der Waals surface area contributed by atoms with Crippen LogP contribution >= 0.6 is 0 Å². The Balaban J connectivity index is 2.10. The lowest BCUT2D eigenvalue weighted by atomic mass is 10.1. The van der Waals surface area contributed by atoms with Gasteiger partial charge in [-0.3, -0.25) is 0 Å². The van der Waals surface area contributed by atoms with Crippen molar-refractivity contribution in [2.75, 3.05) is 43.9 Å². The summed E-state index contributed by atoms with van der Waals surface area (Å²) >= 11 is 0. The molecule has 2 rings (SSSR count). The fourth-order valence-electron chi connectivity index (χ4n) is 2.40. The molecule has 0 unspecified atom stereocenters. The number of halogens is 1. The fourth-order valence-corrected chi connectivity index (χ4v) is 3.23. The number of nitrogens with two attached hydrogens (primary N) is 1. The quantitative estimate of drug-likeness (QED) is 0.875. The summed E-state index contributed by atoms with van der Waals surface area (Å²) in [4.78, 5) is 2.00. The van der Waals surface area contributed by atoms with Gasteiger partial charge in [-0.05, 0) is 36.7 Å². The van der Waals surface area contributed by atoms with Crippen LogP contribution in [0, 0.1) is 5.82 Å². The summed E-state index contributed by atoms with van der Waals surface area (Å²) < 4.78 is 38.0. The highest BCUT2D eigenvalue weighted by molar-refractivity contribution is 7.88. The van der Waals surface area contributed by atoms with Crippen LogP contribution in [0.25, 0.3) is 0 Å². The second-order valence-electron chi connectivity index (χ2n) is 5.01. The average Bonchev–Trinajstić information content (AvgIpc) is 2.37. The van der Waals surface area contributed by atoms with Gasteiger partial charge in [-0.15, -0.1) is 0 Å². The predicted octanol–water partition coefficient (Wildman–Crippen LogP) is 0.408. The maximum absolute atomic E-state index is 13.6. The second-order valence-corrected chi connectivity index (χ2v) is 6.99. The van der Waals surface area contributed by atoms with Crippen molar-refractivity contribution in [3.05, 3.63) is 29.6 Å².